The Balaban J connectivity index is 1.72. The third-order valence-corrected chi connectivity index (χ3v) is 5.53. The maximum Gasteiger partial charge on any atom is 0.225 e. The summed E-state index contributed by atoms with van der Waals surface area (Å²) >= 11 is 0. The van der Waals surface area contributed by atoms with Crippen LogP contribution in [-0.2, 0) is 4.79 Å². The molecule has 0 spiro atoms. The number of amides is 1. The maximum absolute atomic E-state index is 13.0. The standard InChI is InChI=1S/C19H29N3O2/c1-20-10-8-15(9-11-20)19(23)22-13-12-21(2)17(14-22)16-6-4-5-7-18(16)24-3/h4-7,15,17H,8-14H2,1-3H3/t17-/m0/s1. The van der Waals surface area contributed by atoms with Crippen LogP contribution in [0.25, 0.3) is 0 Å². The van der Waals surface area contributed by atoms with Gasteiger partial charge in [0.1, 0.15) is 5.75 Å². The second-order valence-corrected chi connectivity index (χ2v) is 7.10. The molecule has 2 aliphatic heterocycles. The molecular weight excluding hydrogens is 302 g/mol. The van der Waals surface area contributed by atoms with Crippen LogP contribution >= 0.6 is 0 Å². The number of likely N-dealkylation sites (N-methyl/N-ethyl adjacent to an activating group) is 1. The molecule has 1 amide bonds. The van der Waals surface area contributed by atoms with Gasteiger partial charge in [0.25, 0.3) is 0 Å². The number of para-hydroxylation sites is 1. The zero-order chi connectivity index (χ0) is 17.1. The molecule has 2 heterocycles. The van der Waals surface area contributed by atoms with Gasteiger partial charge in [-0.3, -0.25) is 9.69 Å². The molecule has 2 fully saturated rings. The minimum absolute atomic E-state index is 0.197. The van der Waals surface area contributed by atoms with Gasteiger partial charge >= 0.3 is 0 Å². The lowest BCUT2D eigenvalue weighted by Crippen LogP contribution is -2.51. The molecule has 0 aliphatic carbocycles. The highest BCUT2D eigenvalue weighted by Gasteiger charge is 2.33. The highest BCUT2D eigenvalue weighted by Crippen LogP contribution is 2.32. The average molecular weight is 331 g/mol. The Morgan fingerprint density at radius 1 is 1.08 bits per heavy atom. The van der Waals surface area contributed by atoms with E-state index in [-0.39, 0.29) is 12.0 Å². The molecule has 2 saturated heterocycles. The van der Waals surface area contributed by atoms with Gasteiger partial charge in [-0.15, -0.1) is 0 Å². The van der Waals surface area contributed by atoms with Gasteiger partial charge in [-0.2, -0.15) is 0 Å². The van der Waals surface area contributed by atoms with Crippen LogP contribution in [0.2, 0.25) is 0 Å². The second kappa shape index (κ2) is 7.53. The van der Waals surface area contributed by atoms with Crippen molar-refractivity contribution in [3.63, 3.8) is 0 Å². The molecule has 1 aromatic carbocycles. The van der Waals surface area contributed by atoms with E-state index in [1.807, 2.05) is 18.2 Å². The number of piperidine rings is 1. The Bertz CT molecular complexity index is 569. The highest BCUT2D eigenvalue weighted by molar-refractivity contribution is 5.79. The Morgan fingerprint density at radius 3 is 2.50 bits per heavy atom. The maximum atomic E-state index is 13.0. The fourth-order valence-electron chi connectivity index (χ4n) is 3.87. The summed E-state index contributed by atoms with van der Waals surface area (Å²) in [5.41, 5.74) is 1.17. The zero-order valence-corrected chi connectivity index (χ0v) is 15.1. The summed E-state index contributed by atoms with van der Waals surface area (Å²) in [7, 11) is 5.98. The van der Waals surface area contributed by atoms with Crippen molar-refractivity contribution in [3.05, 3.63) is 29.8 Å². The van der Waals surface area contributed by atoms with Crippen molar-refractivity contribution in [1.82, 2.24) is 14.7 Å². The molecule has 132 valence electrons. The van der Waals surface area contributed by atoms with Gasteiger partial charge in [0.05, 0.1) is 13.2 Å². The summed E-state index contributed by atoms with van der Waals surface area (Å²) in [6.07, 6.45) is 1.97. The monoisotopic (exact) mass is 331 g/mol. The predicted molar refractivity (Wildman–Crippen MR) is 95.2 cm³/mol. The molecule has 1 aromatic rings. The van der Waals surface area contributed by atoms with E-state index in [4.69, 9.17) is 4.74 Å². The summed E-state index contributed by atoms with van der Waals surface area (Å²) in [6.45, 7) is 4.54. The normalized spacial score (nSPS) is 24.1. The van der Waals surface area contributed by atoms with E-state index in [0.717, 1.165) is 51.3 Å². The summed E-state index contributed by atoms with van der Waals surface area (Å²) in [4.78, 5) is 19.7. The molecule has 0 saturated carbocycles. The minimum atomic E-state index is 0.197. The molecule has 2 aliphatic rings. The van der Waals surface area contributed by atoms with Gasteiger partial charge in [-0.05, 0) is 46.1 Å². The Morgan fingerprint density at radius 2 is 1.79 bits per heavy atom. The van der Waals surface area contributed by atoms with E-state index in [1.165, 1.54) is 5.56 Å². The molecule has 0 aromatic heterocycles. The molecule has 0 N–H and O–H groups in total. The van der Waals surface area contributed by atoms with Crippen molar-refractivity contribution in [2.75, 3.05) is 53.9 Å². The number of hydrogen-bond donors (Lipinski definition) is 0. The van der Waals surface area contributed by atoms with Gasteiger partial charge in [0.15, 0.2) is 0 Å². The fourth-order valence-corrected chi connectivity index (χ4v) is 3.87. The lowest BCUT2D eigenvalue weighted by molar-refractivity contribution is -0.139. The molecular formula is C19H29N3O2. The number of methoxy groups -OCH3 is 1. The van der Waals surface area contributed by atoms with Gasteiger partial charge in [-0.25, -0.2) is 0 Å². The van der Waals surface area contributed by atoms with Crippen LogP contribution in [0.3, 0.4) is 0 Å². The first-order valence-electron chi connectivity index (χ1n) is 8.90. The molecule has 5 heteroatoms. The van der Waals surface area contributed by atoms with E-state index in [2.05, 4.69) is 34.9 Å². The van der Waals surface area contributed by atoms with Crippen molar-refractivity contribution in [1.29, 1.82) is 0 Å². The lowest BCUT2D eigenvalue weighted by Gasteiger charge is -2.42. The predicted octanol–water partition coefficient (Wildman–Crippen LogP) is 1.85. The van der Waals surface area contributed by atoms with E-state index in [1.54, 1.807) is 7.11 Å². The zero-order valence-electron chi connectivity index (χ0n) is 15.1. The number of nitrogens with zero attached hydrogens (tertiary/aromatic N) is 3. The van der Waals surface area contributed by atoms with Gasteiger partial charge in [-0.1, -0.05) is 18.2 Å². The molecule has 3 rings (SSSR count). The Kier molecular flexibility index (Phi) is 5.41. The number of rotatable bonds is 3. The van der Waals surface area contributed by atoms with Crippen molar-refractivity contribution in [2.24, 2.45) is 5.92 Å². The van der Waals surface area contributed by atoms with Gasteiger partial charge in [0, 0.05) is 31.1 Å². The number of carbonyl (C=O) groups is 1. The number of carbonyl (C=O) groups excluding carboxylic acids is 1. The Labute approximate surface area is 145 Å². The minimum Gasteiger partial charge on any atom is -0.496 e. The SMILES string of the molecule is COc1ccccc1[C@@H]1CN(C(=O)C2CCN(C)CC2)CCN1C. The summed E-state index contributed by atoms with van der Waals surface area (Å²) < 4.78 is 5.54. The largest absolute Gasteiger partial charge is 0.496 e. The first-order valence-corrected chi connectivity index (χ1v) is 8.90. The van der Waals surface area contributed by atoms with Crippen LogP contribution < -0.4 is 4.74 Å². The van der Waals surface area contributed by atoms with Gasteiger partial charge in [0.2, 0.25) is 5.91 Å². The van der Waals surface area contributed by atoms with E-state index in [0.29, 0.717) is 5.91 Å². The van der Waals surface area contributed by atoms with Crippen LogP contribution in [0.5, 0.6) is 5.75 Å². The van der Waals surface area contributed by atoms with Crippen molar-refractivity contribution < 1.29 is 9.53 Å². The lowest BCUT2D eigenvalue weighted by atomic mass is 9.94. The van der Waals surface area contributed by atoms with Crippen LogP contribution in [-0.4, -0.2) is 74.5 Å². The first-order chi connectivity index (χ1) is 11.6. The Hall–Kier alpha value is -1.59. The molecule has 24 heavy (non-hydrogen) atoms. The summed E-state index contributed by atoms with van der Waals surface area (Å²) in [5, 5.41) is 0. The quantitative estimate of drug-likeness (QED) is 0.847. The molecule has 5 nitrogen and oxygen atoms in total. The number of piperazine rings is 1. The van der Waals surface area contributed by atoms with Crippen LogP contribution in [0.15, 0.2) is 24.3 Å². The van der Waals surface area contributed by atoms with Crippen molar-refractivity contribution in [2.45, 2.75) is 18.9 Å². The summed E-state index contributed by atoms with van der Waals surface area (Å²) in [6, 6.07) is 8.35. The van der Waals surface area contributed by atoms with Crippen LogP contribution in [0.4, 0.5) is 0 Å². The molecule has 1 atom stereocenters. The fraction of sp³-hybridized carbons (Fsp3) is 0.632. The smallest absolute Gasteiger partial charge is 0.225 e. The molecule has 0 radical (unpaired) electrons. The summed E-state index contributed by atoms with van der Waals surface area (Å²) in [5.74, 6) is 1.45. The number of likely N-dealkylation sites (tertiary alicyclic amines) is 1. The van der Waals surface area contributed by atoms with Gasteiger partial charge < -0.3 is 14.5 Å². The van der Waals surface area contributed by atoms with Crippen LogP contribution in [0.1, 0.15) is 24.4 Å². The molecule has 0 unspecified atom stereocenters. The first kappa shape index (κ1) is 17.2. The number of hydrogen-bond acceptors (Lipinski definition) is 4. The highest BCUT2D eigenvalue weighted by atomic mass is 16.5. The van der Waals surface area contributed by atoms with E-state index in [9.17, 15) is 4.79 Å². The van der Waals surface area contributed by atoms with Crippen molar-refractivity contribution >= 4 is 5.91 Å². The average Bonchev–Trinajstić information content (AvgIpc) is 2.62. The topological polar surface area (TPSA) is 36.0 Å². The van der Waals surface area contributed by atoms with Crippen molar-refractivity contribution in [3.8, 4) is 5.75 Å². The second-order valence-electron chi connectivity index (χ2n) is 7.10. The molecule has 0 bridgehead atoms. The van der Waals surface area contributed by atoms with Crippen LogP contribution in [0, 0.1) is 5.92 Å². The third-order valence-electron chi connectivity index (χ3n) is 5.53. The van der Waals surface area contributed by atoms with E-state index < -0.39 is 0 Å². The number of benzene rings is 1. The number of ether oxygens (including phenoxy) is 1. The van der Waals surface area contributed by atoms with E-state index >= 15 is 0 Å². The third kappa shape index (κ3) is 3.57.